The zero-order chi connectivity index (χ0) is 16.6. The lowest BCUT2D eigenvalue weighted by Crippen LogP contribution is -2.53. The van der Waals surface area contributed by atoms with Gasteiger partial charge in [0.2, 0.25) is 5.91 Å². The largest absolute Gasteiger partial charge is 0.366 e. The fraction of sp³-hybridized carbons (Fsp3) is 0.533. The van der Waals surface area contributed by atoms with Gasteiger partial charge >= 0.3 is 0 Å². The summed E-state index contributed by atoms with van der Waals surface area (Å²) in [6.07, 6.45) is -0.495. The Morgan fingerprint density at radius 3 is 2.48 bits per heavy atom. The van der Waals surface area contributed by atoms with Crippen LogP contribution in [0.25, 0.3) is 0 Å². The average Bonchev–Trinajstić information content (AvgIpc) is 2.89. The van der Waals surface area contributed by atoms with E-state index in [0.717, 1.165) is 18.2 Å². The van der Waals surface area contributed by atoms with E-state index in [1.54, 1.807) is 4.90 Å². The summed E-state index contributed by atoms with van der Waals surface area (Å²) in [7, 11) is 0. The Hall–Kier alpha value is -1.83. The Bertz CT molecular complexity index is 602. The molecule has 2 aliphatic heterocycles. The van der Waals surface area contributed by atoms with E-state index in [1.165, 1.54) is 4.90 Å². The number of halogens is 4. The fourth-order valence-corrected chi connectivity index (χ4v) is 3.01. The Kier molecular flexibility index (Phi) is 4.18. The van der Waals surface area contributed by atoms with Crippen molar-refractivity contribution in [2.75, 3.05) is 37.6 Å². The minimum Gasteiger partial charge on any atom is -0.366 e. The summed E-state index contributed by atoms with van der Waals surface area (Å²) < 4.78 is 53.3. The Labute approximate surface area is 131 Å². The normalized spacial score (nSPS) is 24.1. The van der Waals surface area contributed by atoms with Crippen molar-refractivity contribution < 1.29 is 22.4 Å². The molecule has 1 aromatic rings. The average molecular weight is 331 g/mol. The highest BCUT2D eigenvalue weighted by atomic mass is 19.3. The first kappa shape index (κ1) is 16.0. The third-order valence-electron chi connectivity index (χ3n) is 4.25. The van der Waals surface area contributed by atoms with Crippen molar-refractivity contribution in [2.45, 2.75) is 18.4 Å². The molecule has 2 saturated heterocycles. The number of nitrogens with one attached hydrogen (secondary N) is 1. The van der Waals surface area contributed by atoms with Crippen LogP contribution in [0.4, 0.5) is 23.2 Å². The zero-order valence-electron chi connectivity index (χ0n) is 12.4. The molecule has 1 N–H and O–H groups in total. The van der Waals surface area contributed by atoms with Crippen molar-refractivity contribution >= 4 is 11.6 Å². The maximum atomic E-state index is 13.8. The van der Waals surface area contributed by atoms with Crippen molar-refractivity contribution in [3.8, 4) is 0 Å². The molecule has 2 aliphatic rings. The van der Waals surface area contributed by atoms with Crippen molar-refractivity contribution in [1.82, 2.24) is 10.2 Å². The molecule has 0 saturated carbocycles. The zero-order valence-corrected chi connectivity index (χ0v) is 12.4. The van der Waals surface area contributed by atoms with Gasteiger partial charge in [0.15, 0.2) is 0 Å². The number of rotatable bonds is 2. The molecule has 2 heterocycles. The smallest absolute Gasteiger partial charge is 0.262 e. The van der Waals surface area contributed by atoms with E-state index in [2.05, 4.69) is 5.32 Å². The second-order valence-corrected chi connectivity index (χ2v) is 5.90. The number of anilines is 1. The van der Waals surface area contributed by atoms with E-state index >= 15 is 0 Å². The maximum absolute atomic E-state index is 13.8. The molecule has 1 atom stereocenters. The molecule has 0 aliphatic carbocycles. The number of alkyl halides is 2. The van der Waals surface area contributed by atoms with Gasteiger partial charge in [0.1, 0.15) is 11.6 Å². The lowest BCUT2D eigenvalue weighted by Gasteiger charge is -2.37. The molecule has 0 bridgehead atoms. The summed E-state index contributed by atoms with van der Waals surface area (Å²) in [4.78, 5) is 15.4. The molecule has 1 unspecified atom stereocenters. The first-order valence-corrected chi connectivity index (χ1v) is 7.46. The first-order valence-electron chi connectivity index (χ1n) is 7.46. The van der Waals surface area contributed by atoms with Crippen LogP contribution in [0.1, 0.15) is 6.42 Å². The van der Waals surface area contributed by atoms with Crippen LogP contribution in [-0.4, -0.2) is 55.5 Å². The third kappa shape index (κ3) is 3.41. The van der Waals surface area contributed by atoms with E-state index < -0.39 is 36.6 Å². The van der Waals surface area contributed by atoms with Crippen LogP contribution in [0, 0.1) is 11.6 Å². The van der Waals surface area contributed by atoms with Crippen LogP contribution in [0.5, 0.6) is 0 Å². The van der Waals surface area contributed by atoms with Crippen LogP contribution in [-0.2, 0) is 4.79 Å². The molecule has 1 amide bonds. The van der Waals surface area contributed by atoms with Crippen LogP contribution >= 0.6 is 0 Å². The summed E-state index contributed by atoms with van der Waals surface area (Å²) in [5.74, 6) is -4.27. The molecule has 126 valence electrons. The molecule has 1 aromatic carbocycles. The molecule has 8 heteroatoms. The Morgan fingerprint density at radius 2 is 1.87 bits per heavy atom. The van der Waals surface area contributed by atoms with Gasteiger partial charge in [0.05, 0.1) is 18.3 Å². The van der Waals surface area contributed by atoms with E-state index in [4.69, 9.17) is 0 Å². The van der Waals surface area contributed by atoms with Crippen LogP contribution in [0.3, 0.4) is 0 Å². The van der Waals surface area contributed by atoms with E-state index in [9.17, 15) is 22.4 Å². The van der Waals surface area contributed by atoms with Crippen LogP contribution in [0.2, 0.25) is 0 Å². The SMILES string of the molecule is O=C(C1CC(F)(F)CN1)N1CCN(c2cc(F)ccc2F)CC1. The predicted molar refractivity (Wildman–Crippen MR) is 76.5 cm³/mol. The molecule has 2 fully saturated rings. The highest BCUT2D eigenvalue weighted by Gasteiger charge is 2.43. The van der Waals surface area contributed by atoms with E-state index in [0.29, 0.717) is 26.2 Å². The fourth-order valence-electron chi connectivity index (χ4n) is 3.01. The standard InChI is InChI=1S/C15H17F4N3O/c16-10-1-2-11(17)13(7-10)21-3-5-22(6-4-21)14(23)12-8-15(18,19)9-20-12/h1-2,7,12,20H,3-6,8-9H2. The quantitative estimate of drug-likeness (QED) is 0.837. The number of piperazine rings is 1. The second-order valence-electron chi connectivity index (χ2n) is 5.90. The van der Waals surface area contributed by atoms with Gasteiger partial charge in [-0.3, -0.25) is 10.1 Å². The van der Waals surface area contributed by atoms with Crippen molar-refractivity contribution in [3.05, 3.63) is 29.8 Å². The summed E-state index contributed by atoms with van der Waals surface area (Å²) in [5, 5.41) is 2.54. The Balaban J connectivity index is 1.60. The van der Waals surface area contributed by atoms with Gasteiger partial charge in [-0.25, -0.2) is 17.6 Å². The third-order valence-corrected chi connectivity index (χ3v) is 4.25. The number of hydrogen-bond acceptors (Lipinski definition) is 3. The van der Waals surface area contributed by atoms with Crippen molar-refractivity contribution in [1.29, 1.82) is 0 Å². The monoisotopic (exact) mass is 331 g/mol. The van der Waals surface area contributed by atoms with E-state index in [-0.39, 0.29) is 11.6 Å². The number of nitrogens with zero attached hydrogens (tertiary/aromatic N) is 2. The van der Waals surface area contributed by atoms with Crippen LogP contribution < -0.4 is 10.2 Å². The van der Waals surface area contributed by atoms with Crippen molar-refractivity contribution in [3.63, 3.8) is 0 Å². The second kappa shape index (κ2) is 5.99. The number of amides is 1. The Morgan fingerprint density at radius 1 is 1.17 bits per heavy atom. The van der Waals surface area contributed by atoms with Gasteiger partial charge < -0.3 is 9.80 Å². The molecule has 4 nitrogen and oxygen atoms in total. The molecule has 0 aromatic heterocycles. The lowest BCUT2D eigenvalue weighted by atomic mass is 10.1. The topological polar surface area (TPSA) is 35.6 Å². The summed E-state index contributed by atoms with van der Waals surface area (Å²) in [6, 6.07) is 2.35. The summed E-state index contributed by atoms with van der Waals surface area (Å²) >= 11 is 0. The molecule has 0 spiro atoms. The van der Waals surface area contributed by atoms with Crippen molar-refractivity contribution in [2.24, 2.45) is 0 Å². The lowest BCUT2D eigenvalue weighted by molar-refractivity contribution is -0.134. The molecule has 0 radical (unpaired) electrons. The number of carbonyl (C=O) groups is 1. The van der Waals surface area contributed by atoms with Gasteiger partial charge in [-0.1, -0.05) is 0 Å². The molecular formula is C15H17F4N3O. The number of benzene rings is 1. The van der Waals surface area contributed by atoms with Gasteiger partial charge in [0, 0.05) is 38.7 Å². The summed E-state index contributed by atoms with van der Waals surface area (Å²) in [5.41, 5.74) is 0.155. The van der Waals surface area contributed by atoms with Gasteiger partial charge in [-0.15, -0.1) is 0 Å². The highest BCUT2D eigenvalue weighted by Crippen LogP contribution is 2.27. The molecule has 3 rings (SSSR count). The summed E-state index contributed by atoms with van der Waals surface area (Å²) in [6.45, 7) is 0.749. The first-order chi connectivity index (χ1) is 10.9. The predicted octanol–water partition coefficient (Wildman–Crippen LogP) is 1.61. The van der Waals surface area contributed by atoms with Gasteiger partial charge in [-0.2, -0.15) is 0 Å². The minimum absolute atomic E-state index is 0.155. The maximum Gasteiger partial charge on any atom is 0.262 e. The van der Waals surface area contributed by atoms with Crippen LogP contribution in [0.15, 0.2) is 18.2 Å². The minimum atomic E-state index is -2.85. The van der Waals surface area contributed by atoms with Gasteiger partial charge in [0.25, 0.3) is 5.92 Å². The molecule has 23 heavy (non-hydrogen) atoms. The number of carbonyl (C=O) groups excluding carboxylic acids is 1. The highest BCUT2D eigenvalue weighted by molar-refractivity contribution is 5.82. The van der Waals surface area contributed by atoms with Gasteiger partial charge in [-0.05, 0) is 12.1 Å². The molecular weight excluding hydrogens is 314 g/mol. The number of hydrogen-bond donors (Lipinski definition) is 1. The van der Waals surface area contributed by atoms with E-state index in [1.807, 2.05) is 0 Å².